The number of hydrogen-bond donors (Lipinski definition) is 1. The molecular formula is C18H18BrClN2O4. The van der Waals surface area contributed by atoms with Gasteiger partial charge in [-0.1, -0.05) is 11.6 Å². The highest BCUT2D eigenvalue weighted by molar-refractivity contribution is 9.10. The van der Waals surface area contributed by atoms with Crippen LogP contribution < -0.4 is 19.6 Å². The molecule has 1 N–H and O–H groups in total. The van der Waals surface area contributed by atoms with Crippen LogP contribution >= 0.6 is 27.5 Å². The smallest absolute Gasteiger partial charge is 0.277 e. The highest BCUT2D eigenvalue weighted by atomic mass is 79.9. The molecule has 0 saturated heterocycles. The van der Waals surface area contributed by atoms with Crippen molar-refractivity contribution < 1.29 is 19.0 Å². The van der Waals surface area contributed by atoms with E-state index in [-0.39, 0.29) is 6.61 Å². The van der Waals surface area contributed by atoms with Crippen molar-refractivity contribution in [2.45, 2.75) is 6.92 Å². The summed E-state index contributed by atoms with van der Waals surface area (Å²) in [6.07, 6.45) is 0. The number of hydrazone groups is 1. The SMILES string of the molecule is COc1ccc(C(C)=NNC(=O)COc2ccc(Cl)cc2Br)c(OC)c1. The van der Waals surface area contributed by atoms with Crippen molar-refractivity contribution in [3.8, 4) is 17.2 Å². The number of methoxy groups -OCH3 is 2. The molecule has 0 aliphatic rings. The average Bonchev–Trinajstić information content (AvgIpc) is 2.64. The number of amides is 1. The van der Waals surface area contributed by atoms with E-state index in [1.807, 2.05) is 6.07 Å². The lowest BCUT2D eigenvalue weighted by atomic mass is 10.1. The summed E-state index contributed by atoms with van der Waals surface area (Å²) in [5.41, 5.74) is 3.79. The van der Waals surface area contributed by atoms with Crippen LogP contribution in [0.2, 0.25) is 5.02 Å². The maximum Gasteiger partial charge on any atom is 0.277 e. The molecule has 0 bridgehead atoms. The van der Waals surface area contributed by atoms with Crippen LogP contribution in [0.25, 0.3) is 0 Å². The van der Waals surface area contributed by atoms with E-state index in [1.54, 1.807) is 51.5 Å². The number of rotatable bonds is 7. The van der Waals surface area contributed by atoms with Gasteiger partial charge in [-0.15, -0.1) is 0 Å². The molecule has 0 fully saturated rings. The van der Waals surface area contributed by atoms with Crippen molar-refractivity contribution in [2.75, 3.05) is 20.8 Å². The molecule has 0 aliphatic carbocycles. The molecule has 0 spiro atoms. The van der Waals surface area contributed by atoms with E-state index in [0.29, 0.717) is 32.5 Å². The van der Waals surface area contributed by atoms with Gasteiger partial charge in [0.15, 0.2) is 6.61 Å². The van der Waals surface area contributed by atoms with Crippen molar-refractivity contribution >= 4 is 39.1 Å². The second-order valence-electron chi connectivity index (χ2n) is 5.16. The van der Waals surface area contributed by atoms with Gasteiger partial charge in [-0.3, -0.25) is 4.79 Å². The fourth-order valence-electron chi connectivity index (χ4n) is 2.07. The zero-order valence-corrected chi connectivity index (χ0v) is 16.8. The Morgan fingerprint density at radius 3 is 2.58 bits per heavy atom. The molecule has 0 aromatic heterocycles. The summed E-state index contributed by atoms with van der Waals surface area (Å²) in [5, 5.41) is 4.66. The van der Waals surface area contributed by atoms with Crippen LogP contribution in [-0.4, -0.2) is 32.4 Å². The van der Waals surface area contributed by atoms with Gasteiger partial charge in [0.1, 0.15) is 17.2 Å². The molecule has 0 heterocycles. The van der Waals surface area contributed by atoms with Crippen molar-refractivity contribution in [2.24, 2.45) is 5.10 Å². The Bertz CT molecular complexity index is 827. The summed E-state index contributed by atoms with van der Waals surface area (Å²) in [7, 11) is 3.14. The predicted octanol–water partition coefficient (Wildman–Crippen LogP) is 4.04. The normalized spacial score (nSPS) is 11.0. The van der Waals surface area contributed by atoms with E-state index >= 15 is 0 Å². The first-order chi connectivity index (χ1) is 12.4. The van der Waals surface area contributed by atoms with E-state index in [4.69, 9.17) is 25.8 Å². The van der Waals surface area contributed by atoms with Crippen LogP contribution in [0.3, 0.4) is 0 Å². The molecule has 2 aromatic rings. The number of ether oxygens (including phenoxy) is 3. The van der Waals surface area contributed by atoms with Crippen molar-refractivity contribution in [3.05, 3.63) is 51.5 Å². The fourth-order valence-corrected chi connectivity index (χ4v) is 2.87. The van der Waals surface area contributed by atoms with Crippen molar-refractivity contribution in [3.63, 3.8) is 0 Å². The molecule has 0 unspecified atom stereocenters. The van der Waals surface area contributed by atoms with E-state index < -0.39 is 5.91 Å². The van der Waals surface area contributed by atoms with Crippen LogP contribution in [0.4, 0.5) is 0 Å². The van der Waals surface area contributed by atoms with Crippen LogP contribution in [0.5, 0.6) is 17.2 Å². The van der Waals surface area contributed by atoms with Crippen LogP contribution in [-0.2, 0) is 4.79 Å². The summed E-state index contributed by atoms with van der Waals surface area (Å²) in [6.45, 7) is 1.58. The number of nitrogens with one attached hydrogen (secondary N) is 1. The van der Waals surface area contributed by atoms with Gasteiger partial charge in [0, 0.05) is 16.7 Å². The molecule has 0 saturated carbocycles. The highest BCUT2D eigenvalue weighted by Crippen LogP contribution is 2.28. The van der Waals surface area contributed by atoms with Gasteiger partial charge in [-0.25, -0.2) is 5.43 Å². The first-order valence-electron chi connectivity index (χ1n) is 7.58. The second-order valence-corrected chi connectivity index (χ2v) is 6.45. The molecule has 6 nitrogen and oxygen atoms in total. The van der Waals surface area contributed by atoms with Gasteiger partial charge in [0.2, 0.25) is 0 Å². The lowest BCUT2D eigenvalue weighted by Crippen LogP contribution is -2.25. The first kappa shape index (κ1) is 20.1. The third kappa shape index (κ3) is 5.37. The van der Waals surface area contributed by atoms with E-state index in [9.17, 15) is 4.79 Å². The third-order valence-corrected chi connectivity index (χ3v) is 4.25. The standard InChI is InChI=1S/C18H18BrClN2O4/c1-11(14-6-5-13(24-2)9-17(14)25-3)21-22-18(23)10-26-16-7-4-12(20)8-15(16)19/h4-9H,10H2,1-3H3,(H,22,23). The fraction of sp³-hybridized carbons (Fsp3) is 0.222. The Kier molecular flexibility index (Phi) is 7.29. The Balaban J connectivity index is 1.98. The van der Waals surface area contributed by atoms with Gasteiger partial charge in [-0.05, 0) is 53.2 Å². The molecule has 2 aromatic carbocycles. The largest absolute Gasteiger partial charge is 0.497 e. The van der Waals surface area contributed by atoms with Crippen molar-refractivity contribution in [1.29, 1.82) is 0 Å². The first-order valence-corrected chi connectivity index (χ1v) is 8.75. The molecule has 8 heteroatoms. The quantitative estimate of drug-likeness (QED) is 0.520. The topological polar surface area (TPSA) is 69.2 Å². The van der Waals surface area contributed by atoms with Crippen molar-refractivity contribution in [1.82, 2.24) is 5.43 Å². The third-order valence-electron chi connectivity index (χ3n) is 3.40. The molecule has 26 heavy (non-hydrogen) atoms. The minimum Gasteiger partial charge on any atom is -0.497 e. The van der Waals surface area contributed by atoms with Crippen LogP contribution in [0.15, 0.2) is 46.0 Å². The number of nitrogens with zero attached hydrogens (tertiary/aromatic N) is 1. The maximum atomic E-state index is 11.9. The summed E-state index contributed by atoms with van der Waals surface area (Å²) in [5.74, 6) is 1.39. The zero-order valence-electron chi connectivity index (χ0n) is 14.5. The summed E-state index contributed by atoms with van der Waals surface area (Å²) < 4.78 is 16.6. The molecule has 0 atom stereocenters. The Morgan fingerprint density at radius 2 is 1.92 bits per heavy atom. The summed E-state index contributed by atoms with van der Waals surface area (Å²) >= 11 is 9.19. The molecule has 138 valence electrons. The summed E-state index contributed by atoms with van der Waals surface area (Å²) in [6, 6.07) is 10.4. The maximum absolute atomic E-state index is 11.9. The van der Waals surface area contributed by atoms with E-state index in [1.165, 1.54) is 0 Å². The lowest BCUT2D eigenvalue weighted by molar-refractivity contribution is -0.123. The number of halogens is 2. The Hall–Kier alpha value is -2.25. The number of hydrogen-bond acceptors (Lipinski definition) is 5. The second kappa shape index (κ2) is 9.45. The molecular weight excluding hydrogens is 424 g/mol. The number of carbonyl (C=O) groups excluding carboxylic acids is 1. The molecule has 0 aliphatic heterocycles. The Labute approximate surface area is 165 Å². The van der Waals surface area contributed by atoms with E-state index in [2.05, 4.69) is 26.5 Å². The van der Waals surface area contributed by atoms with Gasteiger partial charge >= 0.3 is 0 Å². The minimum absolute atomic E-state index is 0.184. The van der Waals surface area contributed by atoms with Crippen LogP contribution in [0.1, 0.15) is 12.5 Å². The predicted molar refractivity (Wildman–Crippen MR) is 105 cm³/mol. The minimum atomic E-state index is -0.390. The van der Waals surface area contributed by atoms with Gasteiger partial charge in [0.05, 0.1) is 24.4 Å². The Morgan fingerprint density at radius 1 is 1.15 bits per heavy atom. The zero-order chi connectivity index (χ0) is 19.1. The molecule has 0 radical (unpaired) electrons. The van der Waals surface area contributed by atoms with Gasteiger partial charge < -0.3 is 14.2 Å². The summed E-state index contributed by atoms with van der Waals surface area (Å²) in [4.78, 5) is 11.9. The lowest BCUT2D eigenvalue weighted by Gasteiger charge is -2.10. The monoisotopic (exact) mass is 440 g/mol. The van der Waals surface area contributed by atoms with Crippen LogP contribution in [0, 0.1) is 0 Å². The van der Waals surface area contributed by atoms with E-state index in [0.717, 1.165) is 5.56 Å². The number of carbonyl (C=O) groups is 1. The number of benzene rings is 2. The molecule has 2 rings (SSSR count). The van der Waals surface area contributed by atoms with Gasteiger partial charge in [0.25, 0.3) is 5.91 Å². The average molecular weight is 442 g/mol. The highest BCUT2D eigenvalue weighted by Gasteiger charge is 2.10. The van der Waals surface area contributed by atoms with Gasteiger partial charge in [-0.2, -0.15) is 5.10 Å². The molecule has 1 amide bonds.